The molecule has 0 amide bonds. The Morgan fingerprint density at radius 1 is 1.41 bits per heavy atom. The summed E-state index contributed by atoms with van der Waals surface area (Å²) in [4.78, 5) is 22.4. The molecule has 0 saturated heterocycles. The Balaban J connectivity index is 2.58. The number of benzene rings is 1. The van der Waals surface area contributed by atoms with Crippen LogP contribution >= 0.6 is 0 Å². The van der Waals surface area contributed by atoms with Gasteiger partial charge in [0.05, 0.1) is 0 Å². The Hall–Kier alpha value is -2.37. The lowest BCUT2D eigenvalue weighted by atomic mass is 10.1. The molecular formula is C11H11N2O4+. The third kappa shape index (κ3) is 1.96. The minimum absolute atomic E-state index is 0.0590. The summed E-state index contributed by atoms with van der Waals surface area (Å²) >= 11 is 0. The smallest absolute Gasteiger partial charge is 0.431 e. The Kier molecular flexibility index (Phi) is 2.78. The normalized spacial score (nSPS) is 12.3. The average molecular weight is 235 g/mol. The van der Waals surface area contributed by atoms with Crippen molar-refractivity contribution in [1.82, 2.24) is 5.27 Å². The Morgan fingerprint density at radius 2 is 2.06 bits per heavy atom. The lowest BCUT2D eigenvalue weighted by Crippen LogP contribution is -2.41. The van der Waals surface area contributed by atoms with Crippen LogP contribution in [0.5, 0.6) is 0 Å². The van der Waals surface area contributed by atoms with E-state index in [1.54, 1.807) is 24.3 Å². The van der Waals surface area contributed by atoms with E-state index < -0.39 is 17.5 Å². The third-order valence-electron chi connectivity index (χ3n) is 2.47. The van der Waals surface area contributed by atoms with Crippen LogP contribution in [0.2, 0.25) is 0 Å². The van der Waals surface area contributed by atoms with E-state index in [2.05, 4.69) is 9.79 Å². The Morgan fingerprint density at radius 3 is 2.65 bits per heavy atom. The van der Waals surface area contributed by atoms with E-state index >= 15 is 0 Å². The first-order valence-electron chi connectivity index (χ1n) is 5.03. The van der Waals surface area contributed by atoms with Gasteiger partial charge in [-0.05, 0) is 16.9 Å². The molecule has 0 radical (unpaired) electrons. The number of H-pyrrole nitrogens is 1. The second kappa shape index (κ2) is 4.25. The molecule has 1 unspecified atom stereocenters. The fourth-order valence-corrected chi connectivity index (χ4v) is 1.54. The zero-order valence-electron chi connectivity index (χ0n) is 9.08. The topological polar surface area (TPSA) is 87.2 Å². The van der Waals surface area contributed by atoms with E-state index in [-0.39, 0.29) is 5.69 Å². The third-order valence-corrected chi connectivity index (χ3v) is 2.47. The standard InChI is InChI=1S/C11H10N2O4/c1-7(10(14)15)9-11(16)17-12-13(9)8-5-3-2-4-6-8/h2-7H,1H3,(H-,12,14,15,16)/p+1. The van der Waals surface area contributed by atoms with Gasteiger partial charge in [-0.15, -0.1) is 0 Å². The molecule has 2 N–H and O–H groups in total. The van der Waals surface area contributed by atoms with Gasteiger partial charge in [-0.2, -0.15) is 0 Å². The average Bonchev–Trinajstić information content (AvgIpc) is 2.71. The van der Waals surface area contributed by atoms with Crippen molar-refractivity contribution in [2.75, 3.05) is 0 Å². The van der Waals surface area contributed by atoms with Crippen LogP contribution in [0.3, 0.4) is 0 Å². The van der Waals surface area contributed by atoms with E-state index in [0.717, 1.165) is 0 Å². The van der Waals surface area contributed by atoms with Crippen LogP contribution in [0, 0.1) is 0 Å². The maximum atomic E-state index is 11.5. The van der Waals surface area contributed by atoms with Gasteiger partial charge in [0.15, 0.2) is 0 Å². The number of carbonyl (C=O) groups is 1. The largest absolute Gasteiger partial charge is 0.481 e. The second-order valence-electron chi connectivity index (χ2n) is 3.60. The first-order valence-corrected chi connectivity index (χ1v) is 5.03. The summed E-state index contributed by atoms with van der Waals surface area (Å²) in [6, 6.07) is 8.86. The van der Waals surface area contributed by atoms with Gasteiger partial charge in [0, 0.05) is 12.1 Å². The van der Waals surface area contributed by atoms with Crippen molar-refractivity contribution in [2.45, 2.75) is 12.8 Å². The van der Waals surface area contributed by atoms with Crippen molar-refractivity contribution >= 4 is 5.97 Å². The van der Waals surface area contributed by atoms with Gasteiger partial charge in [0.1, 0.15) is 5.92 Å². The number of hydrogen-bond acceptors (Lipinski definition) is 3. The fraction of sp³-hybridized carbons (Fsp3) is 0.182. The number of aromatic amines is 1. The maximum absolute atomic E-state index is 11.5. The van der Waals surface area contributed by atoms with Gasteiger partial charge in [0.2, 0.25) is 5.69 Å². The molecule has 1 aromatic carbocycles. The van der Waals surface area contributed by atoms with Crippen LogP contribution in [0.25, 0.3) is 5.69 Å². The number of hydrogen-bond donors (Lipinski definition) is 2. The van der Waals surface area contributed by atoms with E-state index in [4.69, 9.17) is 5.11 Å². The highest BCUT2D eigenvalue weighted by Gasteiger charge is 2.33. The monoisotopic (exact) mass is 235 g/mol. The van der Waals surface area contributed by atoms with Gasteiger partial charge >= 0.3 is 17.3 Å². The predicted molar refractivity (Wildman–Crippen MR) is 56.9 cm³/mol. The molecule has 6 nitrogen and oxygen atoms in total. The minimum atomic E-state index is -1.08. The van der Waals surface area contributed by atoms with Gasteiger partial charge < -0.3 is 5.11 Å². The summed E-state index contributed by atoms with van der Waals surface area (Å²) in [5.74, 6) is -2.03. The number of nitrogens with one attached hydrogen (secondary N) is 1. The van der Waals surface area contributed by atoms with Crippen molar-refractivity contribution < 1.29 is 19.1 Å². The van der Waals surface area contributed by atoms with Crippen LogP contribution in [0.1, 0.15) is 18.5 Å². The molecule has 0 fully saturated rings. The first kappa shape index (κ1) is 11.1. The van der Waals surface area contributed by atoms with Crippen molar-refractivity contribution in [3.63, 3.8) is 0 Å². The molecule has 1 aromatic heterocycles. The van der Waals surface area contributed by atoms with Gasteiger partial charge in [-0.1, -0.05) is 18.2 Å². The number of nitrogens with zero attached hydrogens (tertiary/aromatic N) is 1. The molecule has 2 aromatic rings. The number of para-hydroxylation sites is 1. The van der Waals surface area contributed by atoms with Crippen LogP contribution < -0.4 is 10.3 Å². The van der Waals surface area contributed by atoms with Gasteiger partial charge in [-0.3, -0.25) is 9.32 Å². The van der Waals surface area contributed by atoms with E-state index in [1.807, 2.05) is 6.07 Å². The minimum Gasteiger partial charge on any atom is -0.481 e. The van der Waals surface area contributed by atoms with Crippen LogP contribution in [0.4, 0.5) is 0 Å². The molecule has 1 atom stereocenters. The first-order chi connectivity index (χ1) is 8.11. The lowest BCUT2D eigenvalue weighted by Gasteiger charge is -1.97. The number of carboxylic acids is 1. The summed E-state index contributed by atoms with van der Waals surface area (Å²) in [6.45, 7) is 1.43. The maximum Gasteiger partial charge on any atom is 0.431 e. The number of carboxylic acid groups (broad SMARTS) is 1. The number of rotatable bonds is 3. The highest BCUT2D eigenvalue weighted by atomic mass is 16.5. The zero-order valence-corrected chi connectivity index (χ0v) is 9.08. The molecule has 0 spiro atoms. The van der Waals surface area contributed by atoms with Gasteiger partial charge in [0.25, 0.3) is 0 Å². The summed E-state index contributed by atoms with van der Waals surface area (Å²) in [6.07, 6.45) is 0. The van der Waals surface area contributed by atoms with Crippen LogP contribution in [-0.4, -0.2) is 16.3 Å². The lowest BCUT2D eigenvalue weighted by molar-refractivity contribution is -0.677. The number of aliphatic carboxylic acids is 1. The summed E-state index contributed by atoms with van der Waals surface area (Å²) < 4.78 is 5.97. The van der Waals surface area contributed by atoms with E-state index in [0.29, 0.717) is 5.69 Å². The second-order valence-corrected chi connectivity index (χ2v) is 3.60. The quantitative estimate of drug-likeness (QED) is 0.755. The van der Waals surface area contributed by atoms with Crippen molar-refractivity contribution in [1.29, 1.82) is 0 Å². The Labute approximate surface area is 96.1 Å². The SMILES string of the molecule is CC(C(=O)O)c1c(=O)o[nH][n+]1-c1ccccc1. The molecule has 0 aliphatic carbocycles. The fourth-order valence-electron chi connectivity index (χ4n) is 1.54. The summed E-state index contributed by atoms with van der Waals surface area (Å²) in [5, 5.41) is 11.3. The van der Waals surface area contributed by atoms with E-state index in [9.17, 15) is 9.59 Å². The molecule has 17 heavy (non-hydrogen) atoms. The highest BCUT2D eigenvalue weighted by Crippen LogP contribution is 2.08. The van der Waals surface area contributed by atoms with Crippen molar-refractivity contribution in [2.24, 2.45) is 0 Å². The predicted octanol–water partition coefficient (Wildman–Crippen LogP) is 0.433. The molecule has 2 rings (SSSR count). The molecule has 0 saturated carbocycles. The molecule has 1 heterocycles. The molecule has 0 aliphatic rings. The molecule has 6 heteroatoms. The molecule has 0 aliphatic heterocycles. The molecule has 0 bridgehead atoms. The Bertz CT molecular complexity index is 585. The van der Waals surface area contributed by atoms with Crippen molar-refractivity contribution in [3.8, 4) is 5.69 Å². The summed E-state index contributed by atoms with van der Waals surface area (Å²) in [5.41, 5.74) is 0.0221. The zero-order chi connectivity index (χ0) is 12.4. The molecule has 88 valence electrons. The number of aromatic nitrogens is 2. The van der Waals surface area contributed by atoms with Crippen LogP contribution in [-0.2, 0) is 4.79 Å². The van der Waals surface area contributed by atoms with Gasteiger partial charge in [-0.25, -0.2) is 4.79 Å². The highest BCUT2D eigenvalue weighted by molar-refractivity contribution is 5.74. The molecular weight excluding hydrogens is 224 g/mol. The van der Waals surface area contributed by atoms with Crippen LogP contribution in [0.15, 0.2) is 39.6 Å². The summed E-state index contributed by atoms with van der Waals surface area (Å²) in [7, 11) is 0. The van der Waals surface area contributed by atoms with Crippen molar-refractivity contribution in [3.05, 3.63) is 46.4 Å². The van der Waals surface area contributed by atoms with E-state index in [1.165, 1.54) is 11.6 Å².